The fraction of sp³-hybridized carbons (Fsp3) is 0.357. The summed E-state index contributed by atoms with van der Waals surface area (Å²) < 4.78 is 5.13. The summed E-state index contributed by atoms with van der Waals surface area (Å²) in [4.78, 5) is 15.4. The summed E-state index contributed by atoms with van der Waals surface area (Å²) in [6, 6.07) is 5.75. The molecule has 1 aliphatic rings. The lowest BCUT2D eigenvalue weighted by Gasteiger charge is -2.13. The summed E-state index contributed by atoms with van der Waals surface area (Å²) in [5.41, 5.74) is 4.14. The van der Waals surface area contributed by atoms with Crippen LogP contribution in [0.2, 0.25) is 0 Å². The molecule has 0 fully saturated rings. The van der Waals surface area contributed by atoms with Crippen LogP contribution >= 0.6 is 0 Å². The molecule has 2 N–H and O–H groups in total. The lowest BCUT2D eigenvalue weighted by Crippen LogP contribution is -2.23. The van der Waals surface area contributed by atoms with E-state index in [4.69, 9.17) is 4.74 Å². The molecule has 0 saturated heterocycles. The van der Waals surface area contributed by atoms with Crippen molar-refractivity contribution < 1.29 is 9.53 Å². The van der Waals surface area contributed by atoms with Crippen LogP contribution < -0.4 is 5.32 Å². The zero-order chi connectivity index (χ0) is 12.5. The molecular weight excluding hydrogens is 228 g/mol. The average molecular weight is 244 g/mol. The first-order valence-electron chi connectivity index (χ1n) is 6.31. The predicted octanol–water partition coefficient (Wildman–Crippen LogP) is 1.99. The maximum atomic E-state index is 12.0. The number of aromatic nitrogens is 1. The lowest BCUT2D eigenvalue weighted by atomic mass is 10.0. The first-order valence-corrected chi connectivity index (χ1v) is 6.31. The van der Waals surface area contributed by atoms with Crippen molar-refractivity contribution in [3.63, 3.8) is 0 Å². The van der Waals surface area contributed by atoms with E-state index in [0.717, 1.165) is 30.4 Å². The molecular formula is C14H16N2O2. The topological polar surface area (TPSA) is 54.1 Å². The molecule has 0 spiro atoms. The molecule has 1 aromatic carbocycles. The number of nitrogens with one attached hydrogen (secondary N) is 2. The van der Waals surface area contributed by atoms with E-state index in [2.05, 4.69) is 10.3 Å². The number of aromatic amines is 1. The van der Waals surface area contributed by atoms with Crippen LogP contribution in [0, 0.1) is 0 Å². The molecule has 1 aromatic heterocycles. The lowest BCUT2D eigenvalue weighted by molar-refractivity contribution is 0.0528. The number of ether oxygens (including phenoxy) is 1. The van der Waals surface area contributed by atoms with Gasteiger partial charge < -0.3 is 15.0 Å². The van der Waals surface area contributed by atoms with E-state index in [1.165, 1.54) is 11.3 Å². The van der Waals surface area contributed by atoms with Crippen LogP contribution in [0.25, 0.3) is 10.9 Å². The third kappa shape index (κ3) is 1.69. The largest absolute Gasteiger partial charge is 0.462 e. The maximum absolute atomic E-state index is 12.0. The van der Waals surface area contributed by atoms with E-state index in [0.29, 0.717) is 12.2 Å². The standard InChI is InChI=1S/C14H16N2O2/c1-2-18-14(17)10-4-3-5-11-13(10)9-6-7-15-8-12(9)16-11/h3-5,15-16H,2,6-8H2,1H3. The van der Waals surface area contributed by atoms with Crippen LogP contribution in [0.1, 0.15) is 28.5 Å². The Hall–Kier alpha value is -1.81. The van der Waals surface area contributed by atoms with Gasteiger partial charge in [-0.1, -0.05) is 6.07 Å². The molecule has 0 aliphatic carbocycles. The number of carbonyl (C=O) groups is 1. The van der Waals surface area contributed by atoms with E-state index < -0.39 is 0 Å². The second-order valence-corrected chi connectivity index (χ2v) is 4.46. The third-order valence-corrected chi connectivity index (χ3v) is 3.36. The fourth-order valence-electron chi connectivity index (χ4n) is 2.60. The second-order valence-electron chi connectivity index (χ2n) is 4.46. The molecule has 0 unspecified atom stereocenters. The summed E-state index contributed by atoms with van der Waals surface area (Å²) in [6.45, 7) is 4.03. The van der Waals surface area contributed by atoms with Gasteiger partial charge in [0.2, 0.25) is 0 Å². The van der Waals surface area contributed by atoms with Crippen molar-refractivity contribution in [3.8, 4) is 0 Å². The molecule has 3 rings (SSSR count). The van der Waals surface area contributed by atoms with Crippen molar-refractivity contribution in [3.05, 3.63) is 35.0 Å². The Bertz CT molecular complexity index is 601. The minimum absolute atomic E-state index is 0.233. The highest BCUT2D eigenvalue weighted by molar-refractivity contribution is 6.05. The normalized spacial score (nSPS) is 14.5. The summed E-state index contributed by atoms with van der Waals surface area (Å²) in [5, 5.41) is 4.36. The van der Waals surface area contributed by atoms with Crippen LogP contribution in [0.5, 0.6) is 0 Å². The number of H-pyrrole nitrogens is 1. The Labute approximate surface area is 105 Å². The summed E-state index contributed by atoms with van der Waals surface area (Å²) in [5.74, 6) is -0.233. The van der Waals surface area contributed by atoms with E-state index in [-0.39, 0.29) is 5.97 Å². The molecule has 2 aromatic rings. The van der Waals surface area contributed by atoms with Crippen LogP contribution in [-0.4, -0.2) is 24.1 Å². The van der Waals surface area contributed by atoms with Gasteiger partial charge >= 0.3 is 5.97 Å². The van der Waals surface area contributed by atoms with Crippen LogP contribution in [-0.2, 0) is 17.7 Å². The van der Waals surface area contributed by atoms with Crippen LogP contribution in [0.15, 0.2) is 18.2 Å². The summed E-state index contributed by atoms with van der Waals surface area (Å²) >= 11 is 0. The number of esters is 1. The van der Waals surface area contributed by atoms with Crippen molar-refractivity contribution in [2.75, 3.05) is 13.2 Å². The van der Waals surface area contributed by atoms with Crippen LogP contribution in [0.4, 0.5) is 0 Å². The SMILES string of the molecule is CCOC(=O)c1cccc2[nH]c3c(c12)CCNC3. The molecule has 0 saturated carbocycles. The summed E-state index contributed by atoms with van der Waals surface area (Å²) in [7, 11) is 0. The van der Waals surface area contributed by atoms with Gasteiger partial charge in [0.1, 0.15) is 0 Å². The molecule has 1 aliphatic heterocycles. The number of hydrogen-bond donors (Lipinski definition) is 2. The van der Waals surface area contributed by atoms with Crippen molar-refractivity contribution in [2.45, 2.75) is 19.9 Å². The maximum Gasteiger partial charge on any atom is 0.338 e. The highest BCUT2D eigenvalue weighted by Gasteiger charge is 2.20. The first-order chi connectivity index (χ1) is 8.81. The van der Waals surface area contributed by atoms with Gasteiger partial charge in [0.15, 0.2) is 0 Å². The molecule has 0 radical (unpaired) electrons. The molecule has 0 atom stereocenters. The zero-order valence-corrected chi connectivity index (χ0v) is 10.4. The van der Waals surface area contributed by atoms with Gasteiger partial charge in [0, 0.05) is 23.1 Å². The molecule has 4 nitrogen and oxygen atoms in total. The van der Waals surface area contributed by atoms with Crippen molar-refractivity contribution in [2.24, 2.45) is 0 Å². The minimum atomic E-state index is -0.233. The Kier molecular flexibility index (Phi) is 2.80. The zero-order valence-electron chi connectivity index (χ0n) is 10.4. The summed E-state index contributed by atoms with van der Waals surface area (Å²) in [6.07, 6.45) is 0.950. The van der Waals surface area contributed by atoms with Gasteiger partial charge in [0.05, 0.1) is 12.2 Å². The molecule has 2 heterocycles. The molecule has 4 heteroatoms. The van der Waals surface area contributed by atoms with Crippen molar-refractivity contribution in [1.82, 2.24) is 10.3 Å². The van der Waals surface area contributed by atoms with E-state index >= 15 is 0 Å². The van der Waals surface area contributed by atoms with Crippen LogP contribution in [0.3, 0.4) is 0 Å². The predicted molar refractivity (Wildman–Crippen MR) is 69.7 cm³/mol. The first kappa shape index (κ1) is 11.3. The molecule has 94 valence electrons. The number of hydrogen-bond acceptors (Lipinski definition) is 3. The van der Waals surface area contributed by atoms with Gasteiger partial charge in [-0.3, -0.25) is 0 Å². The highest BCUT2D eigenvalue weighted by Crippen LogP contribution is 2.28. The number of carbonyl (C=O) groups excluding carboxylic acids is 1. The number of fused-ring (bicyclic) bond motifs is 3. The number of benzene rings is 1. The smallest absolute Gasteiger partial charge is 0.338 e. The minimum Gasteiger partial charge on any atom is -0.462 e. The number of rotatable bonds is 2. The highest BCUT2D eigenvalue weighted by atomic mass is 16.5. The molecule has 0 amide bonds. The monoisotopic (exact) mass is 244 g/mol. The Balaban J connectivity index is 2.19. The third-order valence-electron chi connectivity index (χ3n) is 3.36. The van der Waals surface area contributed by atoms with Gasteiger partial charge in [-0.2, -0.15) is 0 Å². The van der Waals surface area contributed by atoms with Crippen molar-refractivity contribution >= 4 is 16.9 Å². The van der Waals surface area contributed by atoms with E-state index in [1.54, 1.807) is 0 Å². The Morgan fingerprint density at radius 3 is 3.17 bits per heavy atom. The van der Waals surface area contributed by atoms with Gasteiger partial charge in [-0.05, 0) is 37.6 Å². The average Bonchev–Trinajstić information content (AvgIpc) is 2.77. The van der Waals surface area contributed by atoms with Gasteiger partial charge in [0.25, 0.3) is 0 Å². The quantitative estimate of drug-likeness (QED) is 0.794. The Morgan fingerprint density at radius 2 is 2.33 bits per heavy atom. The Morgan fingerprint density at radius 1 is 1.44 bits per heavy atom. The van der Waals surface area contributed by atoms with Gasteiger partial charge in [-0.15, -0.1) is 0 Å². The molecule has 0 bridgehead atoms. The van der Waals surface area contributed by atoms with E-state index in [9.17, 15) is 4.79 Å². The fourth-order valence-corrected chi connectivity index (χ4v) is 2.60. The second kappa shape index (κ2) is 4.46. The van der Waals surface area contributed by atoms with E-state index in [1.807, 2.05) is 25.1 Å². The van der Waals surface area contributed by atoms with Crippen molar-refractivity contribution in [1.29, 1.82) is 0 Å². The van der Waals surface area contributed by atoms with Gasteiger partial charge in [-0.25, -0.2) is 4.79 Å². The molecule has 18 heavy (non-hydrogen) atoms.